The molecule has 4 N–H and O–H groups in total. The zero-order chi connectivity index (χ0) is 27.6. The van der Waals surface area contributed by atoms with Crippen molar-refractivity contribution in [2.45, 2.75) is 45.3 Å². The van der Waals surface area contributed by atoms with Gasteiger partial charge in [0.1, 0.15) is 5.82 Å². The van der Waals surface area contributed by atoms with E-state index in [4.69, 9.17) is 37.0 Å². The van der Waals surface area contributed by atoms with Crippen LogP contribution in [0.1, 0.15) is 38.1 Å². The Bertz CT molecular complexity index is 1190. The predicted octanol–water partition coefficient (Wildman–Crippen LogP) is 3.37. The molecule has 0 atom stereocenters. The molecule has 0 aliphatic heterocycles. The third-order valence-corrected chi connectivity index (χ3v) is 6.08. The molecule has 2 aromatic carbocycles. The highest BCUT2D eigenvalue weighted by Gasteiger charge is 2.40. The number of benzene rings is 2. The van der Waals surface area contributed by atoms with E-state index in [-0.39, 0.29) is 0 Å². The summed E-state index contributed by atoms with van der Waals surface area (Å²) in [5.74, 6) is -3.90. The Balaban J connectivity index is 0.000000317. The molecule has 1 aromatic heterocycles. The molecule has 3 rings (SSSR count). The van der Waals surface area contributed by atoms with Gasteiger partial charge in [0.25, 0.3) is 0 Å². The van der Waals surface area contributed by atoms with Gasteiger partial charge in [-0.15, -0.1) is 0 Å². The molecule has 0 bridgehead atoms. The minimum Gasteiger partial charge on any atom is -0.481 e. The van der Waals surface area contributed by atoms with Crippen LogP contribution in [0, 0.1) is 0 Å². The molecular formula is C26H32ClN3O7. The van der Waals surface area contributed by atoms with Crippen LogP contribution in [-0.2, 0) is 27.3 Å². The van der Waals surface area contributed by atoms with Gasteiger partial charge >= 0.3 is 17.9 Å². The molecule has 10 nitrogen and oxygen atoms in total. The summed E-state index contributed by atoms with van der Waals surface area (Å²) < 4.78 is 2.36. The number of fused-ring (bicyclic) bond motifs is 1. The van der Waals surface area contributed by atoms with Crippen LogP contribution in [0.4, 0.5) is 0 Å². The standard InChI is InChI=1S/C20H24ClN3.C6H8O7/c1-3-23(4-2)13-14-24-19-8-6-5-7-18(19)22-20(24)15-16-9-11-17(21)12-10-16;7-3(8)1-6(13,5(11)12)2-4(9)10/h5-12H,3-4,13-15H2,1-2H3;13H,1-2H2,(H,7,8)(H,9,10)(H,11,12). The molecule has 37 heavy (non-hydrogen) atoms. The van der Waals surface area contributed by atoms with E-state index >= 15 is 0 Å². The van der Waals surface area contributed by atoms with Gasteiger partial charge < -0.3 is 29.9 Å². The van der Waals surface area contributed by atoms with Crippen molar-refractivity contribution in [3.63, 3.8) is 0 Å². The van der Waals surface area contributed by atoms with Crippen LogP contribution < -0.4 is 0 Å². The first-order valence-electron chi connectivity index (χ1n) is 11.8. The molecule has 0 aliphatic carbocycles. The number of carboxylic acid groups (broad SMARTS) is 3. The quantitative estimate of drug-likeness (QED) is 0.274. The van der Waals surface area contributed by atoms with E-state index in [2.05, 4.69) is 59.7 Å². The maximum Gasteiger partial charge on any atom is 0.336 e. The number of hydrogen-bond donors (Lipinski definition) is 4. The number of halogens is 1. The van der Waals surface area contributed by atoms with Gasteiger partial charge in [-0.25, -0.2) is 9.78 Å². The molecule has 0 fully saturated rings. The number of aliphatic hydroxyl groups is 1. The van der Waals surface area contributed by atoms with Crippen LogP contribution in [0.15, 0.2) is 48.5 Å². The average molecular weight is 534 g/mol. The van der Waals surface area contributed by atoms with Crippen molar-refractivity contribution in [2.24, 2.45) is 0 Å². The molecule has 0 aliphatic rings. The van der Waals surface area contributed by atoms with Gasteiger partial charge in [0, 0.05) is 24.5 Å². The van der Waals surface area contributed by atoms with Crippen LogP contribution >= 0.6 is 11.6 Å². The van der Waals surface area contributed by atoms with Gasteiger partial charge in [0.2, 0.25) is 0 Å². The average Bonchev–Trinajstić information content (AvgIpc) is 3.17. The van der Waals surface area contributed by atoms with Crippen molar-refractivity contribution < 1.29 is 34.8 Å². The largest absolute Gasteiger partial charge is 0.481 e. The summed E-state index contributed by atoms with van der Waals surface area (Å²) in [5, 5.41) is 34.6. The van der Waals surface area contributed by atoms with Gasteiger partial charge in [0.05, 0.1) is 23.9 Å². The normalized spacial score (nSPS) is 11.3. The Morgan fingerprint density at radius 1 is 0.946 bits per heavy atom. The van der Waals surface area contributed by atoms with E-state index in [1.165, 1.54) is 11.1 Å². The summed E-state index contributed by atoms with van der Waals surface area (Å²) in [6.07, 6.45) is -1.46. The highest BCUT2D eigenvalue weighted by atomic mass is 35.5. The zero-order valence-electron chi connectivity index (χ0n) is 20.8. The number of hydrogen-bond acceptors (Lipinski definition) is 6. The van der Waals surface area contributed by atoms with Crippen LogP contribution in [0.3, 0.4) is 0 Å². The Morgan fingerprint density at radius 3 is 2.03 bits per heavy atom. The zero-order valence-corrected chi connectivity index (χ0v) is 21.6. The number of carboxylic acids is 3. The first-order valence-corrected chi connectivity index (χ1v) is 12.2. The Labute approximate surface area is 219 Å². The van der Waals surface area contributed by atoms with Gasteiger partial charge in [0.15, 0.2) is 5.60 Å². The third-order valence-electron chi connectivity index (χ3n) is 5.83. The second-order valence-electron chi connectivity index (χ2n) is 8.48. The maximum absolute atomic E-state index is 10.3. The van der Waals surface area contributed by atoms with Gasteiger partial charge in [-0.2, -0.15) is 0 Å². The lowest BCUT2D eigenvalue weighted by atomic mass is 9.96. The maximum atomic E-state index is 10.3. The third kappa shape index (κ3) is 8.85. The highest BCUT2D eigenvalue weighted by Crippen LogP contribution is 2.20. The summed E-state index contributed by atoms with van der Waals surface area (Å²) in [5.41, 5.74) is 0.783. The van der Waals surface area contributed by atoms with E-state index in [1.54, 1.807) is 0 Å². The molecule has 0 amide bonds. The first kappa shape index (κ1) is 29.8. The van der Waals surface area contributed by atoms with Gasteiger partial charge in [-0.1, -0.05) is 49.7 Å². The van der Waals surface area contributed by atoms with Crippen molar-refractivity contribution >= 4 is 40.5 Å². The second kappa shape index (κ2) is 13.7. The smallest absolute Gasteiger partial charge is 0.336 e. The van der Waals surface area contributed by atoms with Crippen molar-refractivity contribution in [1.82, 2.24) is 14.5 Å². The van der Waals surface area contributed by atoms with Crippen LogP contribution in [0.2, 0.25) is 5.02 Å². The summed E-state index contributed by atoms with van der Waals surface area (Å²) in [6.45, 7) is 8.59. The van der Waals surface area contributed by atoms with E-state index in [0.717, 1.165) is 49.0 Å². The van der Waals surface area contributed by atoms with Crippen LogP contribution in [-0.4, -0.2) is 78.0 Å². The molecular weight excluding hydrogens is 502 g/mol. The Kier molecular flexibility index (Phi) is 11.0. The molecule has 0 spiro atoms. The van der Waals surface area contributed by atoms with Crippen LogP contribution in [0.5, 0.6) is 0 Å². The molecule has 0 unspecified atom stereocenters. The van der Waals surface area contributed by atoms with Crippen LogP contribution in [0.25, 0.3) is 11.0 Å². The number of imidazole rings is 1. The molecule has 1 heterocycles. The molecule has 3 aromatic rings. The van der Waals surface area contributed by atoms with Gasteiger partial charge in [-0.05, 0) is 42.9 Å². The lowest BCUT2D eigenvalue weighted by molar-refractivity contribution is -0.170. The minimum absolute atomic E-state index is 0.772. The number of aliphatic carboxylic acids is 3. The highest BCUT2D eigenvalue weighted by molar-refractivity contribution is 6.30. The fraction of sp³-hybridized carbons (Fsp3) is 0.385. The fourth-order valence-corrected chi connectivity index (χ4v) is 3.92. The minimum atomic E-state index is -2.74. The lowest BCUT2D eigenvalue weighted by Crippen LogP contribution is -2.42. The Hall–Kier alpha value is -3.47. The number of carbonyl (C=O) groups is 3. The number of aromatic nitrogens is 2. The molecule has 0 saturated heterocycles. The fourth-order valence-electron chi connectivity index (χ4n) is 3.79. The van der Waals surface area contributed by atoms with Crippen molar-refractivity contribution in [3.8, 4) is 0 Å². The topological polar surface area (TPSA) is 153 Å². The van der Waals surface area contributed by atoms with Crippen molar-refractivity contribution in [2.75, 3.05) is 19.6 Å². The molecule has 0 saturated carbocycles. The Morgan fingerprint density at radius 2 is 1.51 bits per heavy atom. The monoisotopic (exact) mass is 533 g/mol. The summed E-state index contributed by atoms with van der Waals surface area (Å²) in [7, 11) is 0. The SMILES string of the molecule is CCN(CC)CCn1c(Cc2ccc(Cl)cc2)nc2ccccc21.O=C(O)CC(O)(CC(=O)O)C(=O)O. The number of para-hydroxylation sites is 2. The predicted molar refractivity (Wildman–Crippen MR) is 139 cm³/mol. The summed E-state index contributed by atoms with van der Waals surface area (Å²) in [4.78, 5) is 37.8. The van der Waals surface area contributed by atoms with E-state index in [1.807, 2.05) is 12.1 Å². The molecule has 200 valence electrons. The van der Waals surface area contributed by atoms with E-state index < -0.39 is 36.4 Å². The number of likely N-dealkylation sites (N-methyl/N-ethyl adjacent to an activating group) is 1. The molecule has 0 radical (unpaired) electrons. The van der Waals surface area contributed by atoms with Gasteiger partial charge in [-0.3, -0.25) is 9.59 Å². The first-order chi connectivity index (χ1) is 17.5. The summed E-state index contributed by atoms with van der Waals surface area (Å²) in [6, 6.07) is 16.4. The number of nitrogens with zero attached hydrogens (tertiary/aromatic N) is 3. The van der Waals surface area contributed by atoms with E-state index in [9.17, 15) is 14.4 Å². The van der Waals surface area contributed by atoms with Crippen molar-refractivity contribution in [3.05, 3.63) is 64.9 Å². The van der Waals surface area contributed by atoms with E-state index in [0.29, 0.717) is 0 Å². The molecule has 11 heteroatoms. The lowest BCUT2D eigenvalue weighted by Gasteiger charge is -2.19. The van der Waals surface area contributed by atoms with Crippen molar-refractivity contribution in [1.29, 1.82) is 0 Å². The summed E-state index contributed by atoms with van der Waals surface area (Å²) >= 11 is 6.00. The number of rotatable bonds is 12. The second-order valence-corrected chi connectivity index (χ2v) is 8.91.